The normalized spacial score (nSPS) is 25.4. The van der Waals surface area contributed by atoms with Gasteiger partial charge in [0.2, 0.25) is 5.91 Å². The number of hydrogen-bond acceptors (Lipinski definition) is 4. The van der Waals surface area contributed by atoms with E-state index in [2.05, 4.69) is 4.90 Å². The molecule has 1 aromatic carbocycles. The van der Waals surface area contributed by atoms with Gasteiger partial charge in [0, 0.05) is 36.9 Å². The predicted molar refractivity (Wildman–Crippen MR) is 100 cm³/mol. The summed E-state index contributed by atoms with van der Waals surface area (Å²) < 4.78 is 5.71. The Hall–Kier alpha value is -1.75. The molecule has 1 amide bonds. The van der Waals surface area contributed by atoms with E-state index in [4.69, 9.17) is 16.3 Å². The molecule has 1 spiro atoms. The van der Waals surface area contributed by atoms with E-state index in [0.717, 1.165) is 49.5 Å². The van der Waals surface area contributed by atoms with Gasteiger partial charge in [0.25, 0.3) is 0 Å². The molecule has 0 N–H and O–H groups in total. The van der Waals surface area contributed by atoms with Crippen LogP contribution in [0.15, 0.2) is 24.3 Å². The molecule has 1 aromatic rings. The van der Waals surface area contributed by atoms with E-state index in [0.29, 0.717) is 13.1 Å². The van der Waals surface area contributed by atoms with Crippen LogP contribution in [0.25, 0.3) is 0 Å². The number of halogens is 1. The van der Waals surface area contributed by atoms with Crippen LogP contribution in [0.5, 0.6) is 0 Å². The predicted octanol–water partition coefficient (Wildman–Crippen LogP) is 3.25. The van der Waals surface area contributed by atoms with Crippen molar-refractivity contribution in [2.45, 2.75) is 44.1 Å². The molecule has 0 aromatic heterocycles. The fourth-order valence-corrected chi connectivity index (χ4v) is 4.87. The summed E-state index contributed by atoms with van der Waals surface area (Å²) in [5.41, 5.74) is 0.559. The Morgan fingerprint density at radius 3 is 2.54 bits per heavy atom. The van der Waals surface area contributed by atoms with Crippen LogP contribution in [0.2, 0.25) is 5.02 Å². The van der Waals surface area contributed by atoms with Crippen molar-refractivity contribution >= 4 is 29.2 Å². The second kappa shape index (κ2) is 7.10. The number of anilines is 1. The van der Waals surface area contributed by atoms with Gasteiger partial charge in [-0.15, -0.1) is 0 Å². The Morgan fingerprint density at radius 2 is 1.85 bits per heavy atom. The summed E-state index contributed by atoms with van der Waals surface area (Å²) in [4.78, 5) is 29.3. The van der Waals surface area contributed by atoms with Crippen molar-refractivity contribution < 1.29 is 14.3 Å². The quantitative estimate of drug-likeness (QED) is 0.743. The molecule has 5 nitrogen and oxygen atoms in total. The maximum Gasteiger partial charge on any atom is 0.307 e. The third kappa shape index (κ3) is 3.29. The monoisotopic (exact) mass is 376 g/mol. The van der Waals surface area contributed by atoms with Gasteiger partial charge in [-0.1, -0.05) is 24.1 Å². The molecule has 1 saturated carbocycles. The fourth-order valence-electron chi connectivity index (χ4n) is 4.68. The molecule has 26 heavy (non-hydrogen) atoms. The number of hydrogen-bond donors (Lipinski definition) is 0. The van der Waals surface area contributed by atoms with Gasteiger partial charge in [0.05, 0.1) is 12.3 Å². The Kier molecular flexibility index (Phi) is 4.82. The van der Waals surface area contributed by atoms with Crippen molar-refractivity contribution in [3.8, 4) is 0 Å². The van der Waals surface area contributed by atoms with Crippen LogP contribution >= 0.6 is 11.6 Å². The molecule has 0 bridgehead atoms. The highest BCUT2D eigenvalue weighted by Crippen LogP contribution is 2.45. The van der Waals surface area contributed by atoms with Crippen LogP contribution < -0.4 is 4.90 Å². The number of amides is 1. The van der Waals surface area contributed by atoms with Gasteiger partial charge in [-0.2, -0.15) is 0 Å². The van der Waals surface area contributed by atoms with Crippen LogP contribution in [0.4, 0.5) is 5.69 Å². The lowest BCUT2D eigenvalue weighted by Crippen LogP contribution is -2.53. The average molecular weight is 377 g/mol. The van der Waals surface area contributed by atoms with E-state index in [-0.39, 0.29) is 24.2 Å². The van der Waals surface area contributed by atoms with E-state index < -0.39 is 5.60 Å². The molecule has 0 unspecified atom stereocenters. The molecule has 2 aliphatic heterocycles. The van der Waals surface area contributed by atoms with E-state index in [1.807, 2.05) is 29.2 Å². The molecule has 2 heterocycles. The largest absolute Gasteiger partial charge is 0.458 e. The van der Waals surface area contributed by atoms with E-state index in [1.54, 1.807) is 0 Å². The van der Waals surface area contributed by atoms with Crippen molar-refractivity contribution in [2.75, 3.05) is 31.1 Å². The van der Waals surface area contributed by atoms with Gasteiger partial charge in [-0.3, -0.25) is 9.59 Å². The SMILES string of the molecule is O=C1C[C@@H](C(=O)N2CCN(c3cccc(Cl)c3)CC2)C2(CCCCC2)O1. The van der Waals surface area contributed by atoms with Crippen molar-refractivity contribution in [1.29, 1.82) is 0 Å². The number of rotatable bonds is 2. The number of ether oxygens (including phenoxy) is 1. The lowest BCUT2D eigenvalue weighted by molar-refractivity contribution is -0.155. The number of piperazine rings is 1. The molecule has 2 saturated heterocycles. The Balaban J connectivity index is 1.42. The summed E-state index contributed by atoms with van der Waals surface area (Å²) in [7, 11) is 0. The minimum Gasteiger partial charge on any atom is -0.458 e. The van der Waals surface area contributed by atoms with Gasteiger partial charge in [-0.05, 0) is 43.9 Å². The second-order valence-corrected chi connectivity index (χ2v) is 8.08. The highest BCUT2D eigenvalue weighted by Gasteiger charge is 2.53. The fraction of sp³-hybridized carbons (Fsp3) is 0.600. The summed E-state index contributed by atoms with van der Waals surface area (Å²) in [6, 6.07) is 7.82. The summed E-state index contributed by atoms with van der Waals surface area (Å²) in [6.07, 6.45) is 5.15. The van der Waals surface area contributed by atoms with E-state index in [9.17, 15) is 9.59 Å². The van der Waals surface area contributed by atoms with Gasteiger partial charge in [0.15, 0.2) is 0 Å². The zero-order valence-corrected chi connectivity index (χ0v) is 15.7. The first-order chi connectivity index (χ1) is 12.6. The van der Waals surface area contributed by atoms with Crippen molar-refractivity contribution in [3.05, 3.63) is 29.3 Å². The first-order valence-electron chi connectivity index (χ1n) is 9.59. The van der Waals surface area contributed by atoms with E-state index in [1.165, 1.54) is 6.42 Å². The number of carbonyl (C=O) groups is 2. The lowest BCUT2D eigenvalue weighted by Gasteiger charge is -2.41. The smallest absolute Gasteiger partial charge is 0.307 e. The molecule has 1 aliphatic carbocycles. The summed E-state index contributed by atoms with van der Waals surface area (Å²) in [6.45, 7) is 2.90. The van der Waals surface area contributed by atoms with Crippen LogP contribution in [-0.2, 0) is 14.3 Å². The topological polar surface area (TPSA) is 49.9 Å². The van der Waals surface area contributed by atoms with Crippen molar-refractivity contribution in [3.63, 3.8) is 0 Å². The second-order valence-electron chi connectivity index (χ2n) is 7.65. The molecular weight excluding hydrogens is 352 g/mol. The standard InChI is InChI=1S/C20H25ClN2O3/c21-15-5-4-6-16(13-15)22-9-11-23(12-10-22)19(25)17-14-18(24)26-20(17)7-2-1-3-8-20/h4-6,13,17H,1-3,7-12,14H2/t17-/m0/s1. The third-order valence-corrected chi connectivity index (χ3v) is 6.32. The zero-order chi connectivity index (χ0) is 18.1. The van der Waals surface area contributed by atoms with Crippen molar-refractivity contribution in [1.82, 2.24) is 4.90 Å². The molecule has 3 fully saturated rings. The van der Waals surface area contributed by atoms with Gasteiger partial charge >= 0.3 is 5.97 Å². The molecule has 3 aliphatic rings. The zero-order valence-electron chi connectivity index (χ0n) is 15.0. The molecule has 0 radical (unpaired) electrons. The van der Waals surface area contributed by atoms with Crippen molar-refractivity contribution in [2.24, 2.45) is 5.92 Å². The third-order valence-electron chi connectivity index (χ3n) is 6.09. The van der Waals surface area contributed by atoms with Crippen LogP contribution in [0, 0.1) is 5.92 Å². The Labute approximate surface area is 159 Å². The van der Waals surface area contributed by atoms with Crippen LogP contribution in [0.1, 0.15) is 38.5 Å². The molecular formula is C20H25ClN2O3. The highest BCUT2D eigenvalue weighted by molar-refractivity contribution is 6.30. The van der Waals surface area contributed by atoms with E-state index >= 15 is 0 Å². The van der Waals surface area contributed by atoms with Gasteiger partial charge < -0.3 is 14.5 Å². The van der Waals surface area contributed by atoms with Gasteiger partial charge in [0.1, 0.15) is 5.60 Å². The summed E-state index contributed by atoms with van der Waals surface area (Å²) >= 11 is 6.09. The average Bonchev–Trinajstić information content (AvgIpc) is 2.97. The number of esters is 1. The molecule has 6 heteroatoms. The minimum atomic E-state index is -0.531. The maximum absolute atomic E-state index is 13.2. The highest BCUT2D eigenvalue weighted by atomic mass is 35.5. The molecule has 140 valence electrons. The summed E-state index contributed by atoms with van der Waals surface area (Å²) in [5.74, 6) is -0.403. The lowest BCUT2D eigenvalue weighted by atomic mass is 9.75. The first kappa shape index (κ1) is 17.7. The minimum absolute atomic E-state index is 0.100. The molecule has 4 rings (SSSR count). The first-order valence-corrected chi connectivity index (χ1v) is 9.96. The molecule has 1 atom stereocenters. The number of carbonyl (C=O) groups excluding carboxylic acids is 2. The number of nitrogens with zero attached hydrogens (tertiary/aromatic N) is 2. The Morgan fingerprint density at radius 1 is 1.12 bits per heavy atom. The summed E-state index contributed by atoms with van der Waals surface area (Å²) in [5, 5.41) is 0.724. The Bertz CT molecular complexity index is 694. The van der Waals surface area contributed by atoms with Crippen LogP contribution in [0.3, 0.4) is 0 Å². The number of benzene rings is 1. The maximum atomic E-state index is 13.2. The van der Waals surface area contributed by atoms with Crippen LogP contribution in [-0.4, -0.2) is 48.6 Å². The van der Waals surface area contributed by atoms with Gasteiger partial charge in [-0.25, -0.2) is 0 Å².